The SMILES string of the molecule is Cl.Cl.O=C(c1csc(-c2ccc(Cl)cc2Cl)n1)N1CCNCC1. The summed E-state index contributed by atoms with van der Waals surface area (Å²) in [5, 5.41) is 6.86. The molecule has 1 aromatic heterocycles. The molecule has 126 valence electrons. The molecule has 1 N–H and O–H groups in total. The Morgan fingerprint density at radius 2 is 1.91 bits per heavy atom. The predicted octanol–water partition coefficient (Wildman–Crippen LogP) is 4.01. The van der Waals surface area contributed by atoms with Crippen LogP contribution in [0, 0.1) is 0 Å². The minimum absolute atomic E-state index is 0. The molecule has 0 radical (unpaired) electrons. The fourth-order valence-electron chi connectivity index (χ4n) is 2.19. The van der Waals surface area contributed by atoms with Gasteiger partial charge in [0.25, 0.3) is 5.91 Å². The molecule has 9 heteroatoms. The molecule has 4 nitrogen and oxygen atoms in total. The monoisotopic (exact) mass is 413 g/mol. The van der Waals surface area contributed by atoms with E-state index in [1.807, 2.05) is 11.0 Å². The number of piperazine rings is 1. The van der Waals surface area contributed by atoms with Gasteiger partial charge in [0, 0.05) is 42.1 Å². The summed E-state index contributed by atoms with van der Waals surface area (Å²) >= 11 is 13.5. The molecule has 0 aliphatic carbocycles. The van der Waals surface area contributed by atoms with Crippen molar-refractivity contribution in [2.45, 2.75) is 0 Å². The summed E-state index contributed by atoms with van der Waals surface area (Å²) in [6.07, 6.45) is 0. The smallest absolute Gasteiger partial charge is 0.273 e. The first-order valence-corrected chi connectivity index (χ1v) is 8.19. The molecular weight excluding hydrogens is 400 g/mol. The fourth-order valence-corrected chi connectivity index (χ4v) is 3.58. The van der Waals surface area contributed by atoms with E-state index in [0.717, 1.165) is 23.7 Å². The molecule has 1 fully saturated rings. The van der Waals surface area contributed by atoms with E-state index >= 15 is 0 Å². The molecule has 23 heavy (non-hydrogen) atoms. The van der Waals surface area contributed by atoms with Crippen molar-refractivity contribution >= 4 is 65.3 Å². The zero-order chi connectivity index (χ0) is 14.8. The van der Waals surface area contributed by atoms with E-state index in [0.29, 0.717) is 28.8 Å². The van der Waals surface area contributed by atoms with E-state index in [4.69, 9.17) is 23.2 Å². The molecule has 1 saturated heterocycles. The van der Waals surface area contributed by atoms with Crippen molar-refractivity contribution in [3.63, 3.8) is 0 Å². The fraction of sp³-hybridized carbons (Fsp3) is 0.286. The molecular formula is C14H15Cl4N3OS. The summed E-state index contributed by atoms with van der Waals surface area (Å²) in [5.41, 5.74) is 1.27. The molecule has 1 aromatic carbocycles. The lowest BCUT2D eigenvalue weighted by Gasteiger charge is -2.26. The molecule has 1 aliphatic rings. The van der Waals surface area contributed by atoms with Gasteiger partial charge < -0.3 is 10.2 Å². The molecule has 0 atom stereocenters. The number of benzene rings is 1. The van der Waals surface area contributed by atoms with Gasteiger partial charge in [0.15, 0.2) is 0 Å². The molecule has 1 aliphatic heterocycles. The van der Waals surface area contributed by atoms with Crippen LogP contribution in [-0.4, -0.2) is 42.0 Å². The van der Waals surface area contributed by atoms with Crippen molar-refractivity contribution in [2.24, 2.45) is 0 Å². The minimum atomic E-state index is -0.0240. The summed E-state index contributed by atoms with van der Waals surface area (Å²) in [6.45, 7) is 3.08. The molecule has 0 spiro atoms. The van der Waals surface area contributed by atoms with E-state index < -0.39 is 0 Å². The first-order chi connectivity index (χ1) is 10.1. The summed E-state index contributed by atoms with van der Waals surface area (Å²) in [7, 11) is 0. The minimum Gasteiger partial charge on any atom is -0.335 e. The normalized spacial score (nSPS) is 13.9. The number of nitrogens with one attached hydrogen (secondary N) is 1. The summed E-state index contributed by atoms with van der Waals surface area (Å²) in [6, 6.07) is 5.27. The Balaban J connectivity index is 0.00000132. The molecule has 0 unspecified atom stereocenters. The van der Waals surface area contributed by atoms with Gasteiger partial charge in [0.1, 0.15) is 10.7 Å². The van der Waals surface area contributed by atoms with Crippen molar-refractivity contribution in [3.8, 4) is 10.6 Å². The zero-order valence-corrected chi connectivity index (χ0v) is 15.9. The molecule has 1 amide bonds. The standard InChI is InChI=1S/C14H13Cl2N3OS.2ClH/c15-9-1-2-10(11(16)7-9)13-18-12(8-21-13)14(20)19-5-3-17-4-6-19;;/h1-2,7-8,17H,3-6H2;2*1H. The highest BCUT2D eigenvalue weighted by atomic mass is 35.5. The second kappa shape index (κ2) is 9.06. The van der Waals surface area contributed by atoms with Crippen molar-refractivity contribution < 1.29 is 4.79 Å². The Labute approximate surface area is 161 Å². The maximum atomic E-state index is 12.4. The van der Waals surface area contributed by atoms with Gasteiger partial charge in [-0.3, -0.25) is 4.79 Å². The maximum absolute atomic E-state index is 12.4. The first kappa shape index (κ1) is 20.5. The highest BCUT2D eigenvalue weighted by molar-refractivity contribution is 7.13. The summed E-state index contributed by atoms with van der Waals surface area (Å²) in [4.78, 5) is 18.6. The number of amides is 1. The van der Waals surface area contributed by atoms with E-state index in [9.17, 15) is 4.79 Å². The van der Waals surface area contributed by atoms with Gasteiger partial charge in [-0.05, 0) is 18.2 Å². The van der Waals surface area contributed by atoms with Gasteiger partial charge in [0.05, 0.1) is 5.02 Å². The average molecular weight is 415 g/mol. The highest BCUT2D eigenvalue weighted by Gasteiger charge is 2.21. The van der Waals surface area contributed by atoms with Crippen molar-refractivity contribution in [3.05, 3.63) is 39.3 Å². The zero-order valence-electron chi connectivity index (χ0n) is 11.9. The second-order valence-electron chi connectivity index (χ2n) is 4.70. The van der Waals surface area contributed by atoms with Gasteiger partial charge >= 0.3 is 0 Å². The third-order valence-corrected chi connectivity index (χ3v) is 4.71. The summed E-state index contributed by atoms with van der Waals surface area (Å²) < 4.78 is 0. The van der Waals surface area contributed by atoms with Gasteiger partial charge in [-0.25, -0.2) is 4.98 Å². The van der Waals surface area contributed by atoms with Crippen molar-refractivity contribution in [1.29, 1.82) is 0 Å². The molecule has 2 aromatic rings. The van der Waals surface area contributed by atoms with E-state index in [-0.39, 0.29) is 30.7 Å². The Bertz CT molecular complexity index is 674. The number of hydrogen-bond donors (Lipinski definition) is 1. The van der Waals surface area contributed by atoms with Gasteiger partial charge in [-0.1, -0.05) is 23.2 Å². The topological polar surface area (TPSA) is 45.2 Å². The van der Waals surface area contributed by atoms with Crippen LogP contribution in [0.15, 0.2) is 23.6 Å². The molecule has 0 bridgehead atoms. The highest BCUT2D eigenvalue weighted by Crippen LogP contribution is 2.32. The van der Waals surface area contributed by atoms with E-state index in [2.05, 4.69) is 10.3 Å². The summed E-state index contributed by atoms with van der Waals surface area (Å²) in [5.74, 6) is -0.0240. The second-order valence-corrected chi connectivity index (χ2v) is 6.41. The first-order valence-electron chi connectivity index (χ1n) is 6.56. The van der Waals surface area contributed by atoms with Gasteiger partial charge in [-0.15, -0.1) is 36.2 Å². The lowest BCUT2D eigenvalue weighted by Crippen LogP contribution is -2.46. The Kier molecular flexibility index (Phi) is 8.07. The average Bonchev–Trinajstić information content (AvgIpc) is 2.97. The van der Waals surface area contributed by atoms with E-state index in [1.165, 1.54) is 11.3 Å². The number of nitrogens with zero attached hydrogens (tertiary/aromatic N) is 2. The largest absolute Gasteiger partial charge is 0.335 e. The lowest BCUT2D eigenvalue weighted by atomic mass is 10.2. The number of carbonyl (C=O) groups is 1. The third kappa shape index (κ3) is 4.72. The number of hydrogen-bond acceptors (Lipinski definition) is 4. The van der Waals surface area contributed by atoms with E-state index in [1.54, 1.807) is 17.5 Å². The number of halogens is 4. The van der Waals surface area contributed by atoms with Crippen LogP contribution in [0.25, 0.3) is 10.6 Å². The van der Waals surface area contributed by atoms with Crippen LogP contribution in [0.3, 0.4) is 0 Å². The third-order valence-electron chi connectivity index (χ3n) is 3.29. The van der Waals surface area contributed by atoms with Crippen LogP contribution in [-0.2, 0) is 0 Å². The Hall–Kier alpha value is -0.560. The molecule has 0 saturated carbocycles. The van der Waals surface area contributed by atoms with Crippen molar-refractivity contribution in [2.75, 3.05) is 26.2 Å². The molecule has 2 heterocycles. The van der Waals surface area contributed by atoms with Gasteiger partial charge in [-0.2, -0.15) is 0 Å². The quantitative estimate of drug-likeness (QED) is 0.807. The number of rotatable bonds is 2. The lowest BCUT2D eigenvalue weighted by molar-refractivity contribution is 0.0731. The van der Waals surface area contributed by atoms with Crippen LogP contribution in [0.4, 0.5) is 0 Å². The number of thiazole rings is 1. The van der Waals surface area contributed by atoms with Crippen LogP contribution < -0.4 is 5.32 Å². The predicted molar refractivity (Wildman–Crippen MR) is 101 cm³/mol. The van der Waals surface area contributed by atoms with Crippen molar-refractivity contribution in [1.82, 2.24) is 15.2 Å². The molecule has 3 rings (SSSR count). The van der Waals surface area contributed by atoms with Crippen LogP contribution in [0.2, 0.25) is 10.0 Å². The van der Waals surface area contributed by atoms with Crippen LogP contribution >= 0.6 is 59.4 Å². The number of aromatic nitrogens is 1. The van der Waals surface area contributed by atoms with Gasteiger partial charge in [0.2, 0.25) is 0 Å². The van der Waals surface area contributed by atoms with Crippen LogP contribution in [0.5, 0.6) is 0 Å². The van der Waals surface area contributed by atoms with Crippen LogP contribution in [0.1, 0.15) is 10.5 Å². The maximum Gasteiger partial charge on any atom is 0.273 e. The Morgan fingerprint density at radius 1 is 1.22 bits per heavy atom. The Morgan fingerprint density at radius 3 is 2.57 bits per heavy atom. The number of carbonyl (C=O) groups excluding carboxylic acids is 1.